The second-order valence-electron chi connectivity index (χ2n) is 5.71. The molecule has 0 radical (unpaired) electrons. The molecule has 2 fully saturated rings. The summed E-state index contributed by atoms with van der Waals surface area (Å²) in [5.41, 5.74) is 1.38. The second kappa shape index (κ2) is 4.67. The first-order valence-corrected chi connectivity index (χ1v) is 8.23. The number of thiophene rings is 1. The van der Waals surface area contributed by atoms with Crippen molar-refractivity contribution in [1.29, 1.82) is 0 Å². The SMILES string of the molecule is CNC(c1cc(C)c(Br)s1)C1CC2CCC1C2. The van der Waals surface area contributed by atoms with Crippen LogP contribution in [0.4, 0.5) is 0 Å². The third-order valence-corrected chi connectivity index (χ3v) is 6.93. The summed E-state index contributed by atoms with van der Waals surface area (Å²) < 4.78 is 1.30. The van der Waals surface area contributed by atoms with Gasteiger partial charge in [-0.15, -0.1) is 11.3 Å². The summed E-state index contributed by atoms with van der Waals surface area (Å²) in [5.74, 6) is 2.90. The van der Waals surface area contributed by atoms with Crippen molar-refractivity contribution >= 4 is 27.3 Å². The molecule has 1 nitrogen and oxygen atoms in total. The zero-order valence-electron chi connectivity index (χ0n) is 10.5. The molecule has 0 amide bonds. The van der Waals surface area contributed by atoms with Gasteiger partial charge in [-0.05, 0) is 78.5 Å². The van der Waals surface area contributed by atoms with E-state index in [0.29, 0.717) is 6.04 Å². The van der Waals surface area contributed by atoms with Crippen LogP contribution in [0.1, 0.15) is 42.2 Å². The average molecular weight is 314 g/mol. The molecule has 0 spiro atoms. The lowest BCUT2D eigenvalue weighted by Gasteiger charge is -2.29. The molecule has 2 saturated carbocycles. The van der Waals surface area contributed by atoms with Crippen LogP contribution >= 0.6 is 27.3 Å². The lowest BCUT2D eigenvalue weighted by Crippen LogP contribution is -2.28. The van der Waals surface area contributed by atoms with Gasteiger partial charge in [0.15, 0.2) is 0 Å². The van der Waals surface area contributed by atoms with E-state index in [1.165, 1.54) is 39.9 Å². The van der Waals surface area contributed by atoms with Gasteiger partial charge in [0, 0.05) is 10.9 Å². The number of aryl methyl sites for hydroxylation is 1. The van der Waals surface area contributed by atoms with Crippen LogP contribution in [0.2, 0.25) is 0 Å². The Labute approximate surface area is 116 Å². The Morgan fingerprint density at radius 3 is 2.71 bits per heavy atom. The Morgan fingerprint density at radius 2 is 2.24 bits per heavy atom. The summed E-state index contributed by atoms with van der Waals surface area (Å²) >= 11 is 5.57. The van der Waals surface area contributed by atoms with Crippen molar-refractivity contribution in [2.45, 2.75) is 38.6 Å². The summed E-state index contributed by atoms with van der Waals surface area (Å²) in [4.78, 5) is 1.52. The largest absolute Gasteiger partial charge is 0.312 e. The maximum Gasteiger partial charge on any atom is 0.0731 e. The molecule has 1 N–H and O–H groups in total. The standard InChI is InChI=1S/C14H20BrNS/c1-8-5-12(17-14(8)15)13(16-2)11-7-9-3-4-10(11)6-9/h5,9-11,13,16H,3-4,6-7H2,1-2H3. The third kappa shape index (κ3) is 2.11. The maximum absolute atomic E-state index is 3.65. The first-order chi connectivity index (χ1) is 8.19. The van der Waals surface area contributed by atoms with Crippen molar-refractivity contribution < 1.29 is 0 Å². The van der Waals surface area contributed by atoms with Crippen LogP contribution in [0, 0.1) is 24.7 Å². The lowest BCUT2D eigenvalue weighted by atomic mass is 9.82. The topological polar surface area (TPSA) is 12.0 Å². The van der Waals surface area contributed by atoms with E-state index in [9.17, 15) is 0 Å². The fourth-order valence-corrected chi connectivity index (χ4v) is 5.66. The molecule has 3 rings (SSSR count). The number of hydrogen-bond acceptors (Lipinski definition) is 2. The Bertz CT molecular complexity index is 395. The highest BCUT2D eigenvalue weighted by molar-refractivity contribution is 9.11. The van der Waals surface area contributed by atoms with Crippen LogP contribution in [0.3, 0.4) is 0 Å². The molecule has 4 unspecified atom stereocenters. The molecule has 0 saturated heterocycles. The Morgan fingerprint density at radius 1 is 1.41 bits per heavy atom. The summed E-state index contributed by atoms with van der Waals surface area (Å²) in [6, 6.07) is 2.95. The molecule has 4 atom stereocenters. The first-order valence-electron chi connectivity index (χ1n) is 6.62. The van der Waals surface area contributed by atoms with Crippen LogP contribution in [-0.4, -0.2) is 7.05 Å². The van der Waals surface area contributed by atoms with Gasteiger partial charge in [0.1, 0.15) is 0 Å². The van der Waals surface area contributed by atoms with Gasteiger partial charge < -0.3 is 5.32 Å². The molecule has 94 valence electrons. The lowest BCUT2D eigenvalue weighted by molar-refractivity contribution is 0.262. The third-order valence-electron chi connectivity index (χ3n) is 4.71. The normalized spacial score (nSPS) is 33.2. The van der Waals surface area contributed by atoms with E-state index in [0.717, 1.165) is 17.8 Å². The molecule has 3 heteroatoms. The zero-order chi connectivity index (χ0) is 12.0. The monoisotopic (exact) mass is 313 g/mol. The minimum atomic E-state index is 0.584. The van der Waals surface area contributed by atoms with Crippen molar-refractivity contribution in [3.8, 4) is 0 Å². The van der Waals surface area contributed by atoms with Crippen LogP contribution in [-0.2, 0) is 0 Å². The van der Waals surface area contributed by atoms with Gasteiger partial charge in [0.25, 0.3) is 0 Å². The van der Waals surface area contributed by atoms with Crippen molar-refractivity contribution in [2.24, 2.45) is 17.8 Å². The molecular weight excluding hydrogens is 294 g/mol. The predicted molar refractivity (Wildman–Crippen MR) is 77.5 cm³/mol. The minimum Gasteiger partial charge on any atom is -0.312 e. The fourth-order valence-electron chi connectivity index (χ4n) is 3.91. The van der Waals surface area contributed by atoms with Gasteiger partial charge in [-0.2, -0.15) is 0 Å². The van der Waals surface area contributed by atoms with Crippen LogP contribution in [0.25, 0.3) is 0 Å². The van der Waals surface area contributed by atoms with E-state index in [1.54, 1.807) is 0 Å². The molecule has 0 aliphatic heterocycles. The van der Waals surface area contributed by atoms with Crippen molar-refractivity contribution in [1.82, 2.24) is 5.32 Å². The van der Waals surface area contributed by atoms with Crippen LogP contribution in [0.5, 0.6) is 0 Å². The maximum atomic E-state index is 3.65. The molecule has 17 heavy (non-hydrogen) atoms. The molecule has 1 heterocycles. The number of halogens is 1. The summed E-state index contributed by atoms with van der Waals surface area (Å²) in [7, 11) is 2.12. The highest BCUT2D eigenvalue weighted by atomic mass is 79.9. The molecule has 2 aliphatic rings. The molecule has 1 aromatic rings. The molecule has 1 aromatic heterocycles. The van der Waals surface area contributed by atoms with Crippen molar-refractivity contribution in [3.63, 3.8) is 0 Å². The van der Waals surface area contributed by atoms with Gasteiger partial charge in [-0.1, -0.05) is 6.42 Å². The van der Waals surface area contributed by atoms with E-state index < -0.39 is 0 Å². The molecule has 2 bridgehead atoms. The van der Waals surface area contributed by atoms with E-state index in [1.807, 2.05) is 11.3 Å². The summed E-state index contributed by atoms with van der Waals surface area (Å²) in [6.45, 7) is 2.19. The Hall–Kier alpha value is 0.140. The highest BCUT2D eigenvalue weighted by Crippen LogP contribution is 2.53. The fraction of sp³-hybridized carbons (Fsp3) is 0.714. The van der Waals surface area contributed by atoms with Gasteiger partial charge in [-0.3, -0.25) is 0 Å². The Balaban J connectivity index is 1.84. The zero-order valence-corrected chi connectivity index (χ0v) is 12.9. The number of fused-ring (bicyclic) bond motifs is 2. The smallest absolute Gasteiger partial charge is 0.0731 e. The quantitative estimate of drug-likeness (QED) is 0.865. The van der Waals surface area contributed by atoms with E-state index in [2.05, 4.69) is 41.3 Å². The van der Waals surface area contributed by atoms with Gasteiger partial charge in [0.2, 0.25) is 0 Å². The van der Waals surface area contributed by atoms with Gasteiger partial charge >= 0.3 is 0 Å². The van der Waals surface area contributed by atoms with Crippen molar-refractivity contribution in [3.05, 3.63) is 20.3 Å². The molecular formula is C14H20BrNS. The van der Waals surface area contributed by atoms with Crippen LogP contribution < -0.4 is 5.32 Å². The number of rotatable bonds is 3. The predicted octanol–water partition coefficient (Wildman–Crippen LogP) is 4.52. The van der Waals surface area contributed by atoms with Gasteiger partial charge in [0.05, 0.1) is 3.79 Å². The van der Waals surface area contributed by atoms with E-state index >= 15 is 0 Å². The molecule has 2 aliphatic carbocycles. The number of nitrogens with one attached hydrogen (secondary N) is 1. The second-order valence-corrected chi connectivity index (χ2v) is 8.11. The first kappa shape index (κ1) is 12.2. The summed E-state index contributed by atoms with van der Waals surface area (Å²) in [6.07, 6.45) is 5.91. The van der Waals surface area contributed by atoms with Crippen LogP contribution in [0.15, 0.2) is 9.85 Å². The summed E-state index contributed by atoms with van der Waals surface area (Å²) in [5, 5.41) is 3.58. The molecule has 0 aromatic carbocycles. The Kier molecular flexibility index (Phi) is 3.35. The van der Waals surface area contributed by atoms with E-state index in [4.69, 9.17) is 0 Å². The average Bonchev–Trinajstić information content (AvgIpc) is 2.98. The highest BCUT2D eigenvalue weighted by Gasteiger charge is 2.43. The minimum absolute atomic E-state index is 0.584. The van der Waals surface area contributed by atoms with Crippen molar-refractivity contribution in [2.75, 3.05) is 7.05 Å². The van der Waals surface area contributed by atoms with E-state index in [-0.39, 0.29) is 0 Å². The van der Waals surface area contributed by atoms with Gasteiger partial charge in [-0.25, -0.2) is 0 Å². The number of hydrogen-bond donors (Lipinski definition) is 1.